The molecule has 0 atom stereocenters. The first-order chi connectivity index (χ1) is 5.52. The molecule has 0 radical (unpaired) electrons. The molecule has 0 unspecified atom stereocenters. The molecule has 0 aliphatic heterocycles. The average molecular weight is 231 g/mol. The van der Waals surface area contributed by atoms with E-state index in [2.05, 4.69) is 15.9 Å². The van der Waals surface area contributed by atoms with Crippen molar-refractivity contribution in [3.63, 3.8) is 0 Å². The Morgan fingerprint density at radius 3 is 2.08 bits per heavy atom. The maximum atomic E-state index is 10.5. The van der Waals surface area contributed by atoms with Crippen LogP contribution < -0.4 is 5.23 Å². The minimum atomic E-state index is -0.132. The highest BCUT2D eigenvalue weighted by Gasteiger charge is 2.01. The van der Waals surface area contributed by atoms with Crippen LogP contribution in [0.1, 0.15) is 11.1 Å². The summed E-state index contributed by atoms with van der Waals surface area (Å²) >= 11 is 3.36. The number of anilines is 1. The molecule has 4 heteroatoms. The first-order valence-corrected chi connectivity index (χ1v) is 4.24. The van der Waals surface area contributed by atoms with E-state index in [1.807, 2.05) is 13.8 Å². The first-order valence-electron chi connectivity index (χ1n) is 3.45. The van der Waals surface area contributed by atoms with Crippen molar-refractivity contribution in [1.29, 1.82) is 0 Å². The number of hydrogen-bond donors (Lipinski definition) is 1. The normalized spacial score (nSPS) is 10.1. The molecule has 0 aliphatic rings. The van der Waals surface area contributed by atoms with Gasteiger partial charge in [0.15, 0.2) is 0 Å². The summed E-state index contributed by atoms with van der Waals surface area (Å²) in [6.45, 7) is 3.73. The Morgan fingerprint density at radius 1 is 1.33 bits per heavy atom. The lowest BCUT2D eigenvalue weighted by atomic mass is 10.1. The maximum absolute atomic E-state index is 10.5. The van der Waals surface area contributed by atoms with Gasteiger partial charge in [-0.2, -0.15) is 0 Å². The third-order valence-corrected chi connectivity index (χ3v) is 2.89. The minimum Gasteiger partial charge on any atom is -0.733 e. The van der Waals surface area contributed by atoms with Crippen LogP contribution in [0.5, 0.6) is 0 Å². The van der Waals surface area contributed by atoms with Crippen molar-refractivity contribution < 1.29 is 5.21 Å². The van der Waals surface area contributed by atoms with Gasteiger partial charge in [0.2, 0.25) is 0 Å². The van der Waals surface area contributed by atoms with Crippen molar-refractivity contribution >= 4 is 21.6 Å². The molecule has 0 aliphatic carbocycles. The molecule has 0 saturated carbocycles. The molecule has 0 aromatic heterocycles. The lowest BCUT2D eigenvalue weighted by Gasteiger charge is -2.22. The zero-order valence-electron chi connectivity index (χ0n) is 6.84. The average Bonchev–Trinajstić information content (AvgIpc) is 1.99. The summed E-state index contributed by atoms with van der Waals surface area (Å²) in [6.07, 6.45) is 0. The quantitative estimate of drug-likeness (QED) is 0.756. The molecule has 1 aromatic rings. The summed E-state index contributed by atoms with van der Waals surface area (Å²) in [6, 6.07) is 3.23. The van der Waals surface area contributed by atoms with E-state index in [-0.39, 0.29) is 10.9 Å². The monoisotopic (exact) mass is 230 g/mol. The van der Waals surface area contributed by atoms with Gasteiger partial charge in [0, 0.05) is 4.47 Å². The van der Waals surface area contributed by atoms with Crippen molar-refractivity contribution in [2.75, 3.05) is 5.23 Å². The fraction of sp³-hybridized carbons (Fsp3) is 0.250. The molecule has 66 valence electrons. The lowest BCUT2D eigenvalue weighted by molar-refractivity contribution is 0.296. The third kappa shape index (κ3) is 1.77. The SMILES string of the molecule is Cc1cc(N([O-])O)cc(C)c1Br. The summed E-state index contributed by atoms with van der Waals surface area (Å²) in [5.41, 5.74) is 2.12. The van der Waals surface area contributed by atoms with Gasteiger partial charge in [-0.15, -0.1) is 0 Å². The topological polar surface area (TPSA) is 46.5 Å². The van der Waals surface area contributed by atoms with E-state index in [1.54, 1.807) is 12.1 Å². The minimum absolute atomic E-state index is 0.132. The highest BCUT2D eigenvalue weighted by Crippen LogP contribution is 2.26. The van der Waals surface area contributed by atoms with Gasteiger partial charge in [0.05, 0.1) is 5.69 Å². The van der Waals surface area contributed by atoms with Crippen LogP contribution in [0, 0.1) is 19.1 Å². The molecular formula is C8H9BrNO2-. The number of nitrogens with zero attached hydrogens (tertiary/aromatic N) is 1. The van der Waals surface area contributed by atoms with Crippen LogP contribution in [0.15, 0.2) is 16.6 Å². The molecule has 0 amide bonds. The van der Waals surface area contributed by atoms with E-state index in [0.29, 0.717) is 0 Å². The van der Waals surface area contributed by atoms with E-state index in [4.69, 9.17) is 5.21 Å². The van der Waals surface area contributed by atoms with E-state index < -0.39 is 0 Å². The Bertz CT molecular complexity index is 276. The molecule has 0 heterocycles. The molecule has 0 bridgehead atoms. The van der Waals surface area contributed by atoms with Crippen molar-refractivity contribution in [3.8, 4) is 0 Å². The van der Waals surface area contributed by atoms with Gasteiger partial charge in [-0.1, -0.05) is 15.9 Å². The number of aryl methyl sites for hydroxylation is 2. The predicted molar refractivity (Wildman–Crippen MR) is 51.2 cm³/mol. The van der Waals surface area contributed by atoms with Crippen LogP contribution in [-0.4, -0.2) is 5.21 Å². The summed E-state index contributed by atoms with van der Waals surface area (Å²) in [5, 5.41) is 19.0. The second-order valence-electron chi connectivity index (χ2n) is 2.67. The van der Waals surface area contributed by atoms with E-state index in [1.165, 1.54) is 0 Å². The third-order valence-electron chi connectivity index (χ3n) is 1.64. The summed E-state index contributed by atoms with van der Waals surface area (Å²) in [4.78, 5) is 0. The van der Waals surface area contributed by atoms with E-state index >= 15 is 0 Å². The molecule has 12 heavy (non-hydrogen) atoms. The number of rotatable bonds is 1. The zero-order chi connectivity index (χ0) is 9.30. The second kappa shape index (κ2) is 3.43. The molecule has 1 rings (SSSR count). The highest BCUT2D eigenvalue weighted by atomic mass is 79.9. The number of halogens is 1. The van der Waals surface area contributed by atoms with Crippen LogP contribution in [0.4, 0.5) is 5.69 Å². The molecule has 0 spiro atoms. The van der Waals surface area contributed by atoms with Crippen LogP contribution in [0.3, 0.4) is 0 Å². The van der Waals surface area contributed by atoms with Gasteiger partial charge >= 0.3 is 0 Å². The first kappa shape index (κ1) is 9.51. The van der Waals surface area contributed by atoms with E-state index in [9.17, 15) is 5.21 Å². The van der Waals surface area contributed by atoms with Gasteiger partial charge in [-0.25, -0.2) is 0 Å². The smallest absolute Gasteiger partial charge is 0.0514 e. The van der Waals surface area contributed by atoms with Gasteiger partial charge in [0.25, 0.3) is 0 Å². The van der Waals surface area contributed by atoms with Gasteiger partial charge in [0.1, 0.15) is 0 Å². The summed E-state index contributed by atoms with van der Waals surface area (Å²) < 4.78 is 0.966. The molecule has 0 fully saturated rings. The van der Waals surface area contributed by atoms with Crippen molar-refractivity contribution in [2.24, 2.45) is 0 Å². The van der Waals surface area contributed by atoms with Crippen LogP contribution in [0.2, 0.25) is 0 Å². The van der Waals surface area contributed by atoms with Crippen LogP contribution in [0.25, 0.3) is 0 Å². The van der Waals surface area contributed by atoms with E-state index in [0.717, 1.165) is 15.6 Å². The standard InChI is InChI=1S/C8H9BrNO2/c1-5-3-7(10(11)12)4-6(2)8(5)9/h3-4,11H,1-2H3/q-1. The van der Waals surface area contributed by atoms with Gasteiger partial charge in [-0.05, 0) is 37.1 Å². The predicted octanol–water partition coefficient (Wildman–Crippen LogP) is 2.76. The van der Waals surface area contributed by atoms with Gasteiger partial charge < -0.3 is 10.4 Å². The van der Waals surface area contributed by atoms with Crippen molar-refractivity contribution in [1.82, 2.24) is 0 Å². The number of hydrogen-bond acceptors (Lipinski definition) is 3. The second-order valence-corrected chi connectivity index (χ2v) is 3.46. The highest BCUT2D eigenvalue weighted by molar-refractivity contribution is 9.10. The zero-order valence-corrected chi connectivity index (χ0v) is 8.42. The Kier molecular flexibility index (Phi) is 2.72. The molecular weight excluding hydrogens is 222 g/mol. The van der Waals surface area contributed by atoms with Crippen molar-refractivity contribution in [2.45, 2.75) is 13.8 Å². The molecule has 3 nitrogen and oxygen atoms in total. The van der Waals surface area contributed by atoms with Crippen LogP contribution >= 0.6 is 15.9 Å². The molecule has 1 aromatic carbocycles. The Labute approximate surface area is 79.3 Å². The molecule has 1 N–H and O–H groups in total. The summed E-state index contributed by atoms with van der Waals surface area (Å²) in [7, 11) is 0. The fourth-order valence-corrected chi connectivity index (χ4v) is 1.26. The number of benzene rings is 1. The van der Waals surface area contributed by atoms with Crippen LogP contribution in [-0.2, 0) is 0 Å². The largest absolute Gasteiger partial charge is 0.733 e. The summed E-state index contributed by atoms with van der Waals surface area (Å²) in [5.74, 6) is 0. The Morgan fingerprint density at radius 2 is 1.75 bits per heavy atom. The lowest BCUT2D eigenvalue weighted by Crippen LogP contribution is -2.07. The fourth-order valence-electron chi connectivity index (χ4n) is 1.03. The maximum Gasteiger partial charge on any atom is 0.0514 e. The van der Waals surface area contributed by atoms with Crippen molar-refractivity contribution in [3.05, 3.63) is 32.9 Å². The Balaban J connectivity index is 3.21. The Hall–Kier alpha value is -0.580. The molecule has 0 saturated heterocycles. The van der Waals surface area contributed by atoms with Gasteiger partial charge in [-0.3, -0.25) is 5.21 Å².